The molecule has 0 bridgehead atoms. The van der Waals surface area contributed by atoms with Crippen LogP contribution in [-0.4, -0.2) is 72.4 Å². The quantitative estimate of drug-likeness (QED) is 0.119. The van der Waals surface area contributed by atoms with Gasteiger partial charge in [-0.15, -0.1) is 11.3 Å². The zero-order valence-electron chi connectivity index (χ0n) is 30.9. The Labute approximate surface area is 314 Å². The molecule has 1 aliphatic rings. The van der Waals surface area contributed by atoms with Crippen LogP contribution in [0.2, 0.25) is 0 Å². The van der Waals surface area contributed by atoms with Gasteiger partial charge in [0, 0.05) is 24.7 Å². The molecule has 4 aromatic rings. The molecule has 3 aromatic carbocycles. The van der Waals surface area contributed by atoms with E-state index in [0.717, 1.165) is 21.3 Å². The molecule has 53 heavy (non-hydrogen) atoms. The number of aromatic nitrogens is 1. The van der Waals surface area contributed by atoms with Crippen molar-refractivity contribution in [2.75, 3.05) is 19.6 Å². The number of benzene rings is 3. The van der Waals surface area contributed by atoms with Crippen LogP contribution in [0, 0.1) is 29.9 Å². The van der Waals surface area contributed by atoms with Crippen LogP contribution in [0.4, 0.5) is 8.78 Å². The Morgan fingerprint density at radius 1 is 0.981 bits per heavy atom. The lowest BCUT2D eigenvalue weighted by Gasteiger charge is -2.34. The van der Waals surface area contributed by atoms with Gasteiger partial charge in [0.15, 0.2) is 0 Å². The third kappa shape index (κ3) is 10.2. The van der Waals surface area contributed by atoms with E-state index in [4.69, 9.17) is 0 Å². The highest BCUT2D eigenvalue weighted by Crippen LogP contribution is 2.45. The molecule has 4 N–H and O–H groups in total. The first-order chi connectivity index (χ1) is 24.9. The van der Waals surface area contributed by atoms with Gasteiger partial charge in [-0.25, -0.2) is 22.2 Å². The van der Waals surface area contributed by atoms with Crippen molar-refractivity contribution in [3.8, 4) is 0 Å². The molecule has 2 amide bonds. The number of sulfonamides is 1. The zero-order valence-corrected chi connectivity index (χ0v) is 32.6. The smallest absolute Gasteiger partial charge is 0.243 e. The second kappa shape index (κ2) is 16.3. The van der Waals surface area contributed by atoms with Crippen LogP contribution in [0.5, 0.6) is 0 Å². The minimum atomic E-state index is -4.07. The second-order valence-electron chi connectivity index (χ2n) is 15.4. The molecule has 3 unspecified atom stereocenters. The summed E-state index contributed by atoms with van der Waals surface area (Å²) in [5.41, 5.74) is 0.422. The fourth-order valence-corrected chi connectivity index (χ4v) is 9.01. The molecule has 1 saturated carbocycles. The van der Waals surface area contributed by atoms with Gasteiger partial charge in [0.05, 0.1) is 38.8 Å². The van der Waals surface area contributed by atoms with Gasteiger partial charge in [-0.2, -0.15) is 4.31 Å². The maximum Gasteiger partial charge on any atom is 0.243 e. The van der Waals surface area contributed by atoms with Crippen molar-refractivity contribution in [1.82, 2.24) is 25.2 Å². The first-order valence-electron chi connectivity index (χ1n) is 17.8. The molecule has 0 aliphatic heterocycles. The Hall–Kier alpha value is -3.82. The van der Waals surface area contributed by atoms with Crippen molar-refractivity contribution >= 4 is 43.4 Å². The van der Waals surface area contributed by atoms with Crippen LogP contribution in [0.1, 0.15) is 63.6 Å². The molecule has 1 fully saturated rings. The Bertz CT molecular complexity index is 2010. The highest BCUT2D eigenvalue weighted by atomic mass is 32.2. The summed E-state index contributed by atoms with van der Waals surface area (Å²) in [6.07, 6.45) is 0.0405. The van der Waals surface area contributed by atoms with E-state index in [9.17, 15) is 31.9 Å². The maximum atomic E-state index is 14.1. The van der Waals surface area contributed by atoms with Crippen molar-refractivity contribution in [2.45, 2.75) is 89.4 Å². The molecule has 0 saturated heterocycles. The van der Waals surface area contributed by atoms with Crippen LogP contribution in [0.25, 0.3) is 10.2 Å². The first kappa shape index (κ1) is 40.4. The van der Waals surface area contributed by atoms with Gasteiger partial charge in [-0.3, -0.25) is 14.9 Å². The van der Waals surface area contributed by atoms with E-state index < -0.39 is 62.6 Å². The summed E-state index contributed by atoms with van der Waals surface area (Å²) in [4.78, 5) is 31.9. The molecule has 0 spiro atoms. The lowest BCUT2D eigenvalue weighted by atomic mass is 9.85. The van der Waals surface area contributed by atoms with Gasteiger partial charge >= 0.3 is 0 Å². The number of fused-ring (bicyclic) bond motifs is 1. The van der Waals surface area contributed by atoms with E-state index in [1.54, 1.807) is 32.9 Å². The zero-order chi connectivity index (χ0) is 38.7. The molecule has 10 nitrogen and oxygen atoms in total. The Kier molecular flexibility index (Phi) is 12.4. The van der Waals surface area contributed by atoms with Crippen LogP contribution in [-0.2, 0) is 31.6 Å². The minimum Gasteiger partial charge on any atom is -0.390 e. The number of halogens is 2. The average molecular weight is 770 g/mol. The Morgan fingerprint density at radius 3 is 2.25 bits per heavy atom. The number of hydrogen-bond acceptors (Lipinski definition) is 8. The van der Waals surface area contributed by atoms with E-state index >= 15 is 0 Å². The van der Waals surface area contributed by atoms with Crippen molar-refractivity contribution in [1.29, 1.82) is 0 Å². The largest absolute Gasteiger partial charge is 0.390 e. The maximum absolute atomic E-state index is 14.1. The highest BCUT2D eigenvalue weighted by molar-refractivity contribution is 7.89. The molecule has 1 aliphatic carbocycles. The molecule has 5 rings (SSSR count). The number of carbonyl (C=O) groups is 2. The van der Waals surface area contributed by atoms with Gasteiger partial charge in [-0.1, -0.05) is 65.0 Å². The van der Waals surface area contributed by atoms with Crippen molar-refractivity contribution < 1.29 is 31.9 Å². The second-order valence-corrected chi connectivity index (χ2v) is 18.6. The molecule has 0 radical (unpaired) electrons. The van der Waals surface area contributed by atoms with E-state index in [-0.39, 0.29) is 36.9 Å². The highest BCUT2D eigenvalue weighted by Gasteiger charge is 2.45. The number of thiazole rings is 1. The molecular formula is C39H49F2N5O5S2. The van der Waals surface area contributed by atoms with Gasteiger partial charge < -0.3 is 15.7 Å². The first-order valence-corrected chi connectivity index (χ1v) is 20.0. The number of rotatable bonds is 16. The van der Waals surface area contributed by atoms with E-state index in [1.165, 1.54) is 33.8 Å². The third-order valence-corrected chi connectivity index (χ3v) is 12.1. The van der Waals surface area contributed by atoms with Gasteiger partial charge in [-0.05, 0) is 79.0 Å². The SMILES string of the molecule is Cc1nc2ccc(S(=O)(=O)N(CC(C)C)CC(O)C(Cc3ccccc3)NC(=O)C(NC(=O)CNC3(c4cc(F)cc(F)c4)CC3)C(C)(C)C)cc2s1. The van der Waals surface area contributed by atoms with Gasteiger partial charge in [0.25, 0.3) is 0 Å². The summed E-state index contributed by atoms with van der Waals surface area (Å²) in [6.45, 7) is 10.7. The Balaban J connectivity index is 1.34. The van der Waals surface area contributed by atoms with Crippen molar-refractivity contribution in [3.63, 3.8) is 0 Å². The van der Waals surface area contributed by atoms with Crippen LogP contribution < -0.4 is 16.0 Å². The molecule has 14 heteroatoms. The summed E-state index contributed by atoms with van der Waals surface area (Å²) < 4.78 is 58.1. The number of amides is 2. The number of aryl methyl sites for hydroxylation is 1. The molecular weight excluding hydrogens is 721 g/mol. The summed E-state index contributed by atoms with van der Waals surface area (Å²) in [6, 6.07) is 15.3. The fourth-order valence-electron chi connectivity index (χ4n) is 6.42. The normalized spacial score (nSPS) is 16.1. The number of hydrogen-bond donors (Lipinski definition) is 4. The third-order valence-electron chi connectivity index (χ3n) is 9.34. The summed E-state index contributed by atoms with van der Waals surface area (Å²) in [5.74, 6) is -2.52. The lowest BCUT2D eigenvalue weighted by Crippen LogP contribution is -2.59. The summed E-state index contributed by atoms with van der Waals surface area (Å²) in [7, 11) is -4.07. The lowest BCUT2D eigenvalue weighted by molar-refractivity contribution is -0.132. The monoisotopic (exact) mass is 769 g/mol. The number of carbonyl (C=O) groups excluding carboxylic acids is 2. The minimum absolute atomic E-state index is 0.0719. The fraction of sp³-hybridized carbons (Fsp3) is 0.462. The van der Waals surface area contributed by atoms with Crippen LogP contribution in [0.15, 0.2) is 71.6 Å². The number of nitrogens with zero attached hydrogens (tertiary/aromatic N) is 2. The van der Waals surface area contributed by atoms with Crippen LogP contribution in [0.3, 0.4) is 0 Å². The summed E-state index contributed by atoms with van der Waals surface area (Å²) in [5, 5.41) is 21.5. The summed E-state index contributed by atoms with van der Waals surface area (Å²) >= 11 is 1.40. The van der Waals surface area contributed by atoms with Crippen molar-refractivity contribution in [3.05, 3.63) is 94.5 Å². The molecule has 286 valence electrons. The molecule has 3 atom stereocenters. The van der Waals surface area contributed by atoms with E-state index in [1.807, 2.05) is 51.1 Å². The molecule has 1 heterocycles. The Morgan fingerprint density at radius 2 is 1.64 bits per heavy atom. The number of nitrogens with one attached hydrogen (secondary N) is 3. The average Bonchev–Trinajstić information content (AvgIpc) is 3.77. The van der Waals surface area contributed by atoms with E-state index in [2.05, 4.69) is 20.9 Å². The predicted molar refractivity (Wildman–Crippen MR) is 203 cm³/mol. The molecule has 1 aromatic heterocycles. The number of aliphatic hydroxyl groups is 1. The standard InChI is InChI=1S/C39H49F2N5O5S2/c1-24(2)22-46(53(50,51)30-12-13-31-34(20-30)52-25(3)43-31)23-33(47)32(16-26-10-8-7-9-11-26)44-37(49)36(38(4,5)6)45-35(48)21-42-39(14-15-39)27-17-28(40)19-29(41)18-27/h7-13,17-20,24,32-33,36,42,47H,14-16,21-23H2,1-6H3,(H,44,49)(H,45,48). The predicted octanol–water partition coefficient (Wildman–Crippen LogP) is 5.43. The van der Waals surface area contributed by atoms with Crippen LogP contribution >= 0.6 is 11.3 Å². The van der Waals surface area contributed by atoms with E-state index in [0.29, 0.717) is 23.9 Å². The van der Waals surface area contributed by atoms with Crippen molar-refractivity contribution in [2.24, 2.45) is 11.3 Å². The topological polar surface area (TPSA) is 141 Å². The number of aliphatic hydroxyl groups excluding tert-OH is 1. The van der Waals surface area contributed by atoms with Gasteiger partial charge in [0.1, 0.15) is 17.7 Å². The van der Waals surface area contributed by atoms with Gasteiger partial charge in [0.2, 0.25) is 21.8 Å².